The smallest absolute Gasteiger partial charge is 0.270 e. The maximum absolute atomic E-state index is 12.8. The Morgan fingerprint density at radius 3 is 2.84 bits per heavy atom. The molecule has 25 heavy (non-hydrogen) atoms. The van der Waals surface area contributed by atoms with E-state index < -0.39 is 4.92 Å². The summed E-state index contributed by atoms with van der Waals surface area (Å²) in [5, 5.41) is 14.1. The number of carbonyl (C=O) groups is 2. The first-order valence-corrected chi connectivity index (χ1v) is 8.51. The Bertz CT molecular complexity index is 706. The molecule has 0 radical (unpaired) electrons. The number of hydrogen-bond donors (Lipinski definition) is 1. The second-order valence-corrected chi connectivity index (χ2v) is 6.63. The van der Waals surface area contributed by atoms with Crippen molar-refractivity contribution in [2.75, 3.05) is 32.7 Å². The second kappa shape index (κ2) is 7.18. The molecule has 1 atom stereocenters. The molecular weight excluding hydrogens is 324 g/mol. The van der Waals surface area contributed by atoms with Gasteiger partial charge in [0.15, 0.2) is 0 Å². The first-order valence-electron chi connectivity index (χ1n) is 8.51. The zero-order chi connectivity index (χ0) is 18.0. The lowest BCUT2D eigenvalue weighted by Gasteiger charge is -2.41. The van der Waals surface area contributed by atoms with E-state index in [9.17, 15) is 19.7 Å². The molecule has 8 heteroatoms. The average Bonchev–Trinajstić information content (AvgIpc) is 2.61. The highest BCUT2D eigenvalue weighted by Crippen LogP contribution is 2.22. The van der Waals surface area contributed by atoms with Gasteiger partial charge in [-0.1, -0.05) is 0 Å². The standard InChI is InChI=1S/C17H22N4O4/c1-12-7-13(9-15(8-12)21(24)25)17(23)19-5-2-3-14(11-19)20-6-4-18-10-16(20)22/h7-9,14,18H,2-6,10-11H2,1H3. The Kier molecular flexibility index (Phi) is 4.98. The van der Waals surface area contributed by atoms with Gasteiger partial charge in [-0.3, -0.25) is 19.7 Å². The molecule has 0 aromatic heterocycles. The van der Waals surface area contributed by atoms with E-state index >= 15 is 0 Å². The molecule has 1 N–H and O–H groups in total. The highest BCUT2D eigenvalue weighted by Gasteiger charge is 2.32. The van der Waals surface area contributed by atoms with Crippen molar-refractivity contribution >= 4 is 17.5 Å². The van der Waals surface area contributed by atoms with E-state index in [0.29, 0.717) is 37.3 Å². The third-order valence-electron chi connectivity index (χ3n) is 4.77. The van der Waals surface area contributed by atoms with Gasteiger partial charge in [0.2, 0.25) is 5.91 Å². The molecule has 1 aromatic carbocycles. The molecule has 0 bridgehead atoms. The number of piperazine rings is 1. The summed E-state index contributed by atoms with van der Waals surface area (Å²) in [6, 6.07) is 4.48. The third kappa shape index (κ3) is 3.79. The van der Waals surface area contributed by atoms with Gasteiger partial charge < -0.3 is 15.1 Å². The Hall–Kier alpha value is -2.48. The Morgan fingerprint density at radius 2 is 2.12 bits per heavy atom. The lowest BCUT2D eigenvalue weighted by molar-refractivity contribution is -0.384. The molecule has 134 valence electrons. The molecule has 2 aliphatic rings. The number of nitrogens with zero attached hydrogens (tertiary/aromatic N) is 3. The molecule has 2 saturated heterocycles. The molecule has 2 aliphatic heterocycles. The van der Waals surface area contributed by atoms with Crippen molar-refractivity contribution in [2.24, 2.45) is 0 Å². The van der Waals surface area contributed by atoms with Gasteiger partial charge in [-0.15, -0.1) is 0 Å². The molecule has 2 fully saturated rings. The summed E-state index contributed by atoms with van der Waals surface area (Å²) in [5.41, 5.74) is 0.941. The highest BCUT2D eigenvalue weighted by atomic mass is 16.6. The molecule has 1 unspecified atom stereocenters. The zero-order valence-electron chi connectivity index (χ0n) is 14.2. The van der Waals surface area contributed by atoms with Crippen molar-refractivity contribution in [3.05, 3.63) is 39.4 Å². The van der Waals surface area contributed by atoms with Crippen molar-refractivity contribution < 1.29 is 14.5 Å². The van der Waals surface area contributed by atoms with Crippen LogP contribution < -0.4 is 5.32 Å². The molecule has 3 rings (SSSR count). The van der Waals surface area contributed by atoms with Crippen molar-refractivity contribution in [1.82, 2.24) is 15.1 Å². The minimum atomic E-state index is -0.484. The molecule has 2 amide bonds. The number of benzene rings is 1. The number of rotatable bonds is 3. The number of likely N-dealkylation sites (tertiary alicyclic amines) is 1. The monoisotopic (exact) mass is 346 g/mol. The number of nitro benzene ring substituents is 1. The summed E-state index contributed by atoms with van der Waals surface area (Å²) in [7, 11) is 0. The van der Waals surface area contributed by atoms with Crippen LogP contribution in [-0.2, 0) is 4.79 Å². The predicted octanol–water partition coefficient (Wildman–Crippen LogP) is 0.940. The maximum atomic E-state index is 12.8. The second-order valence-electron chi connectivity index (χ2n) is 6.63. The van der Waals surface area contributed by atoms with Gasteiger partial charge in [-0.05, 0) is 31.4 Å². The van der Waals surface area contributed by atoms with Crippen LogP contribution in [0.4, 0.5) is 5.69 Å². The Labute approximate surface area is 145 Å². The predicted molar refractivity (Wildman–Crippen MR) is 91.3 cm³/mol. The van der Waals surface area contributed by atoms with E-state index in [1.807, 2.05) is 4.90 Å². The normalized spacial score (nSPS) is 21.3. The molecule has 8 nitrogen and oxygen atoms in total. The summed E-state index contributed by atoms with van der Waals surface area (Å²) >= 11 is 0. The van der Waals surface area contributed by atoms with Crippen molar-refractivity contribution in [1.29, 1.82) is 0 Å². The van der Waals surface area contributed by atoms with Crippen molar-refractivity contribution in [3.8, 4) is 0 Å². The van der Waals surface area contributed by atoms with E-state index in [2.05, 4.69) is 5.32 Å². The van der Waals surface area contributed by atoms with E-state index in [4.69, 9.17) is 0 Å². The quantitative estimate of drug-likeness (QED) is 0.649. The topological polar surface area (TPSA) is 95.8 Å². The number of nitrogens with one attached hydrogen (secondary N) is 1. The molecule has 0 aliphatic carbocycles. The van der Waals surface area contributed by atoms with Gasteiger partial charge >= 0.3 is 0 Å². The lowest BCUT2D eigenvalue weighted by atomic mass is 10.0. The molecule has 0 spiro atoms. The van der Waals surface area contributed by atoms with Crippen molar-refractivity contribution in [2.45, 2.75) is 25.8 Å². The third-order valence-corrected chi connectivity index (χ3v) is 4.77. The summed E-state index contributed by atoms with van der Waals surface area (Å²) in [5.74, 6) is -0.143. The molecule has 1 aromatic rings. The van der Waals surface area contributed by atoms with Crippen LogP contribution in [0.5, 0.6) is 0 Å². The minimum absolute atomic E-state index is 0.0205. The fraction of sp³-hybridized carbons (Fsp3) is 0.529. The summed E-state index contributed by atoms with van der Waals surface area (Å²) in [6.07, 6.45) is 1.70. The Morgan fingerprint density at radius 1 is 1.32 bits per heavy atom. The van der Waals surface area contributed by atoms with Crippen molar-refractivity contribution in [3.63, 3.8) is 0 Å². The van der Waals surface area contributed by atoms with E-state index in [1.165, 1.54) is 12.1 Å². The first-order chi connectivity index (χ1) is 12.0. The van der Waals surface area contributed by atoms with Crippen LogP contribution >= 0.6 is 0 Å². The fourth-order valence-electron chi connectivity index (χ4n) is 3.58. The van der Waals surface area contributed by atoms with Gasteiger partial charge in [-0.25, -0.2) is 0 Å². The van der Waals surface area contributed by atoms with Crippen LogP contribution in [0.1, 0.15) is 28.8 Å². The molecule has 2 heterocycles. The van der Waals surface area contributed by atoms with E-state index in [-0.39, 0.29) is 23.5 Å². The number of nitro groups is 1. The zero-order valence-corrected chi connectivity index (χ0v) is 14.2. The van der Waals surface area contributed by atoms with Crippen LogP contribution in [0.3, 0.4) is 0 Å². The highest BCUT2D eigenvalue weighted by molar-refractivity contribution is 5.95. The van der Waals surface area contributed by atoms with Gasteiger partial charge in [0.1, 0.15) is 0 Å². The van der Waals surface area contributed by atoms with Crippen LogP contribution in [0.15, 0.2) is 18.2 Å². The largest absolute Gasteiger partial charge is 0.337 e. The summed E-state index contributed by atoms with van der Waals surface area (Å²) in [4.78, 5) is 39.0. The van der Waals surface area contributed by atoms with Gasteiger partial charge in [0.05, 0.1) is 11.5 Å². The van der Waals surface area contributed by atoms with Gasteiger partial charge in [0, 0.05) is 49.9 Å². The number of aryl methyl sites for hydroxylation is 1. The van der Waals surface area contributed by atoms with Crippen LogP contribution in [0.2, 0.25) is 0 Å². The van der Waals surface area contributed by atoms with Gasteiger partial charge in [-0.2, -0.15) is 0 Å². The summed E-state index contributed by atoms with van der Waals surface area (Å²) in [6.45, 7) is 4.59. The summed E-state index contributed by atoms with van der Waals surface area (Å²) < 4.78 is 0. The van der Waals surface area contributed by atoms with E-state index in [1.54, 1.807) is 17.9 Å². The van der Waals surface area contributed by atoms with E-state index in [0.717, 1.165) is 19.4 Å². The molecular formula is C17H22N4O4. The van der Waals surface area contributed by atoms with Crippen LogP contribution in [0.25, 0.3) is 0 Å². The first kappa shape index (κ1) is 17.3. The number of carbonyl (C=O) groups excluding carboxylic acids is 2. The lowest BCUT2D eigenvalue weighted by Crippen LogP contribution is -2.57. The number of non-ortho nitro benzene ring substituents is 1. The SMILES string of the molecule is Cc1cc(C(=O)N2CCCC(N3CCNCC3=O)C2)cc([N+](=O)[O-])c1. The minimum Gasteiger partial charge on any atom is -0.337 e. The fourth-order valence-corrected chi connectivity index (χ4v) is 3.58. The Balaban J connectivity index is 1.76. The number of piperidine rings is 1. The maximum Gasteiger partial charge on any atom is 0.270 e. The van der Waals surface area contributed by atoms with Gasteiger partial charge in [0.25, 0.3) is 11.6 Å². The van der Waals surface area contributed by atoms with Crippen LogP contribution in [-0.4, -0.2) is 65.3 Å². The molecule has 0 saturated carbocycles. The number of hydrogen-bond acceptors (Lipinski definition) is 5. The average molecular weight is 346 g/mol. The van der Waals surface area contributed by atoms with Crippen LogP contribution in [0, 0.1) is 17.0 Å². The number of amides is 2.